The second-order valence-electron chi connectivity index (χ2n) is 6.18. The predicted molar refractivity (Wildman–Crippen MR) is 88.7 cm³/mol. The molecular formula is C17H26N2S. The highest BCUT2D eigenvalue weighted by Gasteiger charge is 2.29. The summed E-state index contributed by atoms with van der Waals surface area (Å²) in [5.74, 6) is 3.43. The average molecular weight is 290 g/mol. The standard InChI is InChI=1S/C17H26N2S/c1-14-2-4-15(5-3-14)16-12-17(13-16)18-6-7-19-8-10-20-11-9-19/h2-5,16-18H,6-13H2,1H3. The Morgan fingerprint density at radius 3 is 2.55 bits per heavy atom. The highest BCUT2D eigenvalue weighted by molar-refractivity contribution is 7.99. The van der Waals surface area contributed by atoms with Crippen LogP contribution in [-0.2, 0) is 0 Å². The van der Waals surface area contributed by atoms with Crippen LogP contribution < -0.4 is 5.32 Å². The number of nitrogens with zero attached hydrogens (tertiary/aromatic N) is 1. The molecule has 0 unspecified atom stereocenters. The lowest BCUT2D eigenvalue weighted by atomic mass is 9.76. The molecule has 1 aromatic rings. The first-order chi connectivity index (χ1) is 9.81. The van der Waals surface area contributed by atoms with Gasteiger partial charge in [-0.05, 0) is 31.2 Å². The van der Waals surface area contributed by atoms with Gasteiger partial charge < -0.3 is 10.2 Å². The zero-order valence-corrected chi connectivity index (χ0v) is 13.3. The lowest BCUT2D eigenvalue weighted by molar-refractivity contribution is 0.255. The van der Waals surface area contributed by atoms with Crippen LogP contribution >= 0.6 is 11.8 Å². The molecule has 2 aliphatic rings. The largest absolute Gasteiger partial charge is 0.313 e. The fourth-order valence-corrected chi connectivity index (χ4v) is 4.13. The molecule has 20 heavy (non-hydrogen) atoms. The van der Waals surface area contributed by atoms with Gasteiger partial charge in [-0.2, -0.15) is 11.8 Å². The van der Waals surface area contributed by atoms with E-state index < -0.39 is 0 Å². The van der Waals surface area contributed by atoms with Crippen molar-refractivity contribution in [2.45, 2.75) is 31.7 Å². The van der Waals surface area contributed by atoms with Gasteiger partial charge >= 0.3 is 0 Å². The smallest absolute Gasteiger partial charge is 0.0108 e. The minimum absolute atomic E-state index is 0.750. The lowest BCUT2D eigenvalue weighted by Gasteiger charge is -2.37. The van der Waals surface area contributed by atoms with Crippen LogP contribution in [0.2, 0.25) is 0 Å². The van der Waals surface area contributed by atoms with Crippen molar-refractivity contribution < 1.29 is 0 Å². The van der Waals surface area contributed by atoms with Crippen LogP contribution in [0.25, 0.3) is 0 Å². The first-order valence-electron chi connectivity index (χ1n) is 7.91. The van der Waals surface area contributed by atoms with Gasteiger partial charge in [-0.1, -0.05) is 29.8 Å². The summed E-state index contributed by atoms with van der Waals surface area (Å²) in [6, 6.07) is 9.85. The van der Waals surface area contributed by atoms with Gasteiger partial charge in [0.25, 0.3) is 0 Å². The minimum Gasteiger partial charge on any atom is -0.313 e. The third-order valence-corrected chi connectivity index (χ3v) is 5.59. The summed E-state index contributed by atoms with van der Waals surface area (Å²) in [7, 11) is 0. The molecule has 0 bridgehead atoms. The zero-order chi connectivity index (χ0) is 13.8. The van der Waals surface area contributed by atoms with E-state index in [1.807, 2.05) is 0 Å². The van der Waals surface area contributed by atoms with Crippen molar-refractivity contribution in [2.75, 3.05) is 37.7 Å². The third-order valence-electron chi connectivity index (χ3n) is 4.65. The summed E-state index contributed by atoms with van der Waals surface area (Å²) < 4.78 is 0. The van der Waals surface area contributed by atoms with Crippen LogP contribution in [0.1, 0.15) is 29.9 Å². The third kappa shape index (κ3) is 3.78. The van der Waals surface area contributed by atoms with Gasteiger partial charge in [0, 0.05) is 43.7 Å². The first kappa shape index (κ1) is 14.4. The van der Waals surface area contributed by atoms with E-state index in [2.05, 4.69) is 53.2 Å². The predicted octanol–water partition coefficient (Wildman–Crippen LogP) is 2.88. The van der Waals surface area contributed by atoms with E-state index >= 15 is 0 Å². The monoisotopic (exact) mass is 290 g/mol. The van der Waals surface area contributed by atoms with Crippen molar-refractivity contribution in [1.29, 1.82) is 0 Å². The first-order valence-corrected chi connectivity index (χ1v) is 9.07. The molecule has 3 heteroatoms. The Labute approximate surface area is 127 Å². The molecule has 1 heterocycles. The van der Waals surface area contributed by atoms with Crippen LogP contribution in [0, 0.1) is 6.92 Å². The molecule has 1 N–H and O–H groups in total. The maximum Gasteiger partial charge on any atom is 0.0108 e. The van der Waals surface area contributed by atoms with Crippen LogP contribution in [0.4, 0.5) is 0 Å². The van der Waals surface area contributed by atoms with Crippen LogP contribution in [0.5, 0.6) is 0 Å². The second kappa shape index (κ2) is 6.97. The highest BCUT2D eigenvalue weighted by atomic mass is 32.2. The normalized spacial score (nSPS) is 27.2. The van der Waals surface area contributed by atoms with Crippen LogP contribution in [0.3, 0.4) is 0 Å². The number of hydrogen-bond donors (Lipinski definition) is 1. The summed E-state index contributed by atoms with van der Waals surface area (Å²) >= 11 is 2.09. The maximum absolute atomic E-state index is 3.73. The maximum atomic E-state index is 3.73. The Hall–Kier alpha value is -0.510. The van der Waals surface area contributed by atoms with Gasteiger partial charge in [-0.15, -0.1) is 0 Å². The highest BCUT2D eigenvalue weighted by Crippen LogP contribution is 2.36. The molecule has 0 atom stereocenters. The van der Waals surface area contributed by atoms with E-state index in [-0.39, 0.29) is 0 Å². The molecule has 0 aromatic heterocycles. The van der Waals surface area contributed by atoms with E-state index in [4.69, 9.17) is 0 Å². The summed E-state index contributed by atoms with van der Waals surface area (Å²) in [6.07, 6.45) is 2.64. The molecule has 0 amide bonds. The molecule has 1 aliphatic carbocycles. The molecule has 1 saturated heterocycles. The van der Waals surface area contributed by atoms with Gasteiger partial charge in [-0.3, -0.25) is 0 Å². The van der Waals surface area contributed by atoms with E-state index in [9.17, 15) is 0 Å². The van der Waals surface area contributed by atoms with Gasteiger partial charge in [0.2, 0.25) is 0 Å². The quantitative estimate of drug-likeness (QED) is 0.898. The lowest BCUT2D eigenvalue weighted by Crippen LogP contribution is -2.44. The number of thioether (sulfide) groups is 1. The second-order valence-corrected chi connectivity index (χ2v) is 7.41. The Morgan fingerprint density at radius 1 is 1.15 bits per heavy atom. The van der Waals surface area contributed by atoms with E-state index in [0.717, 1.165) is 18.5 Å². The number of benzene rings is 1. The van der Waals surface area contributed by atoms with Gasteiger partial charge in [-0.25, -0.2) is 0 Å². The van der Waals surface area contributed by atoms with Crippen LogP contribution in [0.15, 0.2) is 24.3 Å². The fraction of sp³-hybridized carbons (Fsp3) is 0.647. The number of aryl methyl sites for hydroxylation is 1. The Kier molecular flexibility index (Phi) is 5.03. The van der Waals surface area contributed by atoms with Crippen molar-refractivity contribution >= 4 is 11.8 Å². The molecule has 1 aliphatic heterocycles. The molecule has 3 rings (SSSR count). The summed E-state index contributed by atoms with van der Waals surface area (Å²) in [4.78, 5) is 2.60. The van der Waals surface area contributed by atoms with Crippen molar-refractivity contribution in [3.63, 3.8) is 0 Å². The number of hydrogen-bond acceptors (Lipinski definition) is 3. The zero-order valence-electron chi connectivity index (χ0n) is 12.5. The molecule has 0 spiro atoms. The average Bonchev–Trinajstić information content (AvgIpc) is 2.44. The molecule has 110 valence electrons. The Morgan fingerprint density at radius 2 is 1.85 bits per heavy atom. The van der Waals surface area contributed by atoms with Crippen LogP contribution in [-0.4, -0.2) is 48.6 Å². The van der Waals surface area contributed by atoms with Crippen molar-refractivity contribution in [1.82, 2.24) is 10.2 Å². The minimum atomic E-state index is 0.750. The summed E-state index contributed by atoms with van der Waals surface area (Å²) in [5.41, 5.74) is 2.89. The van der Waals surface area contributed by atoms with E-state index in [1.54, 1.807) is 0 Å². The fourth-order valence-electron chi connectivity index (χ4n) is 3.15. The van der Waals surface area contributed by atoms with Gasteiger partial charge in [0.1, 0.15) is 0 Å². The Bertz CT molecular complexity index is 406. The van der Waals surface area contributed by atoms with Gasteiger partial charge in [0.05, 0.1) is 0 Å². The SMILES string of the molecule is Cc1ccc(C2CC(NCCN3CCSCC3)C2)cc1. The molecule has 2 nitrogen and oxygen atoms in total. The van der Waals surface area contributed by atoms with Gasteiger partial charge in [0.15, 0.2) is 0 Å². The molecule has 0 radical (unpaired) electrons. The summed E-state index contributed by atoms with van der Waals surface area (Å²) in [5, 5.41) is 3.73. The van der Waals surface area contributed by atoms with Crippen molar-refractivity contribution in [3.05, 3.63) is 35.4 Å². The molecule has 1 saturated carbocycles. The number of rotatable bonds is 5. The molecular weight excluding hydrogens is 264 g/mol. The topological polar surface area (TPSA) is 15.3 Å². The Balaban J connectivity index is 1.33. The summed E-state index contributed by atoms with van der Waals surface area (Å²) in [6.45, 7) is 7.11. The molecule has 2 fully saturated rings. The van der Waals surface area contributed by atoms with Crippen molar-refractivity contribution in [3.8, 4) is 0 Å². The van der Waals surface area contributed by atoms with E-state index in [1.165, 1.54) is 55.1 Å². The van der Waals surface area contributed by atoms with E-state index in [0.29, 0.717) is 0 Å². The molecule has 1 aromatic carbocycles. The number of nitrogens with one attached hydrogen (secondary N) is 1. The van der Waals surface area contributed by atoms with Crippen molar-refractivity contribution in [2.24, 2.45) is 0 Å².